The SMILES string of the molecule is O=C(c1cnc2c(c1)ncn2Cc1cccnc1)N1CCN(c2ccc(F)cc2)CC1. The van der Waals surface area contributed by atoms with Crippen LogP contribution >= 0.6 is 0 Å². The Labute approximate surface area is 178 Å². The molecule has 4 heterocycles. The monoisotopic (exact) mass is 416 g/mol. The van der Waals surface area contributed by atoms with Crippen molar-refractivity contribution in [2.75, 3.05) is 31.1 Å². The third kappa shape index (κ3) is 3.96. The number of hydrogen-bond donors (Lipinski definition) is 0. The number of imidazole rings is 1. The average molecular weight is 416 g/mol. The normalized spacial score (nSPS) is 14.2. The summed E-state index contributed by atoms with van der Waals surface area (Å²) in [5.41, 5.74) is 3.99. The van der Waals surface area contributed by atoms with Crippen molar-refractivity contribution in [2.45, 2.75) is 6.54 Å². The summed E-state index contributed by atoms with van der Waals surface area (Å²) in [7, 11) is 0. The van der Waals surface area contributed by atoms with Gasteiger partial charge >= 0.3 is 0 Å². The fraction of sp³-hybridized carbons (Fsp3) is 0.217. The van der Waals surface area contributed by atoms with Crippen LogP contribution in [0.1, 0.15) is 15.9 Å². The van der Waals surface area contributed by atoms with Crippen LogP contribution in [0.25, 0.3) is 11.2 Å². The topological polar surface area (TPSA) is 67.2 Å². The van der Waals surface area contributed by atoms with Crippen molar-refractivity contribution in [2.24, 2.45) is 0 Å². The Bertz CT molecular complexity index is 1200. The van der Waals surface area contributed by atoms with E-state index in [0.29, 0.717) is 43.8 Å². The highest BCUT2D eigenvalue weighted by molar-refractivity contribution is 5.96. The maximum Gasteiger partial charge on any atom is 0.255 e. The van der Waals surface area contributed by atoms with Crippen LogP contribution in [0.4, 0.5) is 10.1 Å². The first kappa shape index (κ1) is 19.2. The van der Waals surface area contributed by atoms with Crippen molar-refractivity contribution in [1.82, 2.24) is 24.4 Å². The number of piperazine rings is 1. The lowest BCUT2D eigenvalue weighted by Crippen LogP contribution is -2.48. The number of nitrogens with zero attached hydrogens (tertiary/aromatic N) is 6. The van der Waals surface area contributed by atoms with Crippen LogP contribution in [-0.2, 0) is 6.54 Å². The second kappa shape index (κ2) is 8.14. The summed E-state index contributed by atoms with van der Waals surface area (Å²) in [6.07, 6.45) is 6.92. The predicted octanol–water partition coefficient (Wildman–Crippen LogP) is 2.98. The van der Waals surface area contributed by atoms with Crippen molar-refractivity contribution in [3.63, 3.8) is 0 Å². The van der Waals surface area contributed by atoms with Gasteiger partial charge in [0, 0.05) is 50.5 Å². The number of rotatable bonds is 4. The summed E-state index contributed by atoms with van der Waals surface area (Å²) in [5.74, 6) is -0.293. The van der Waals surface area contributed by atoms with Gasteiger partial charge in [-0.3, -0.25) is 9.78 Å². The minimum Gasteiger partial charge on any atom is -0.368 e. The molecule has 0 spiro atoms. The second-order valence-electron chi connectivity index (χ2n) is 7.56. The molecule has 0 N–H and O–H groups in total. The van der Waals surface area contributed by atoms with Crippen LogP contribution in [-0.4, -0.2) is 56.5 Å². The molecule has 0 radical (unpaired) electrons. The Kier molecular flexibility index (Phi) is 5.03. The van der Waals surface area contributed by atoms with Crippen molar-refractivity contribution >= 4 is 22.8 Å². The Morgan fingerprint density at radius 1 is 1.00 bits per heavy atom. The van der Waals surface area contributed by atoms with E-state index >= 15 is 0 Å². The standard InChI is InChI=1S/C23H21FN6O/c24-19-3-5-20(6-4-19)28-8-10-29(11-9-28)23(31)18-12-21-22(26-14-18)30(16-27-21)15-17-2-1-7-25-13-17/h1-7,12-14,16H,8-11,15H2. The van der Waals surface area contributed by atoms with Crippen LogP contribution in [0.5, 0.6) is 0 Å². The average Bonchev–Trinajstić information content (AvgIpc) is 3.22. The highest BCUT2D eigenvalue weighted by Gasteiger charge is 2.23. The van der Waals surface area contributed by atoms with Crippen LogP contribution in [0, 0.1) is 5.82 Å². The van der Waals surface area contributed by atoms with Gasteiger partial charge in [0.05, 0.1) is 18.4 Å². The zero-order valence-electron chi connectivity index (χ0n) is 16.9. The van der Waals surface area contributed by atoms with Gasteiger partial charge in [0.1, 0.15) is 11.3 Å². The maximum absolute atomic E-state index is 13.1. The molecule has 0 aliphatic carbocycles. The van der Waals surface area contributed by atoms with Crippen LogP contribution in [0.3, 0.4) is 0 Å². The number of benzene rings is 1. The highest BCUT2D eigenvalue weighted by Crippen LogP contribution is 2.19. The van der Waals surface area contributed by atoms with E-state index in [1.165, 1.54) is 12.1 Å². The van der Waals surface area contributed by atoms with Gasteiger partial charge in [0.15, 0.2) is 5.65 Å². The minimum absolute atomic E-state index is 0.0463. The molecule has 7 nitrogen and oxygen atoms in total. The molecule has 1 aromatic carbocycles. The minimum atomic E-state index is -0.247. The Morgan fingerprint density at radius 2 is 1.81 bits per heavy atom. The number of hydrogen-bond acceptors (Lipinski definition) is 5. The quantitative estimate of drug-likeness (QED) is 0.512. The van der Waals surface area contributed by atoms with Crippen LogP contribution in [0.2, 0.25) is 0 Å². The van der Waals surface area contributed by atoms with Gasteiger partial charge in [-0.15, -0.1) is 0 Å². The molecule has 0 bridgehead atoms. The van der Waals surface area contributed by atoms with E-state index in [1.54, 1.807) is 36.9 Å². The van der Waals surface area contributed by atoms with E-state index in [2.05, 4.69) is 19.9 Å². The fourth-order valence-electron chi connectivity index (χ4n) is 3.87. The number of pyridine rings is 2. The smallest absolute Gasteiger partial charge is 0.255 e. The highest BCUT2D eigenvalue weighted by atomic mass is 19.1. The summed E-state index contributed by atoms with van der Waals surface area (Å²) >= 11 is 0. The summed E-state index contributed by atoms with van der Waals surface area (Å²) < 4.78 is 15.1. The maximum atomic E-state index is 13.1. The van der Waals surface area contributed by atoms with Crippen LogP contribution < -0.4 is 4.90 Å². The van der Waals surface area contributed by atoms with E-state index in [1.807, 2.05) is 27.8 Å². The van der Waals surface area contributed by atoms with E-state index in [-0.39, 0.29) is 11.7 Å². The molecule has 4 aromatic rings. The molecule has 3 aromatic heterocycles. The lowest BCUT2D eigenvalue weighted by Gasteiger charge is -2.36. The molecule has 1 aliphatic heterocycles. The molecule has 0 saturated carbocycles. The Balaban J connectivity index is 1.27. The molecule has 1 fully saturated rings. The molecular formula is C23H21FN6O. The third-order valence-corrected chi connectivity index (χ3v) is 5.54. The van der Waals surface area contributed by atoms with Gasteiger partial charge in [-0.05, 0) is 42.0 Å². The molecular weight excluding hydrogens is 395 g/mol. The van der Waals surface area contributed by atoms with E-state index < -0.39 is 0 Å². The molecule has 1 amide bonds. The zero-order valence-corrected chi connectivity index (χ0v) is 16.9. The molecule has 31 heavy (non-hydrogen) atoms. The van der Waals surface area contributed by atoms with Gasteiger partial charge in [-0.25, -0.2) is 14.4 Å². The molecule has 8 heteroatoms. The van der Waals surface area contributed by atoms with Gasteiger partial charge in [0.2, 0.25) is 0 Å². The number of fused-ring (bicyclic) bond motifs is 1. The number of halogens is 1. The molecule has 1 aliphatic rings. The second-order valence-corrected chi connectivity index (χ2v) is 7.56. The van der Waals surface area contributed by atoms with Gasteiger partial charge in [0.25, 0.3) is 5.91 Å². The molecule has 0 unspecified atom stereocenters. The first-order chi connectivity index (χ1) is 15.2. The van der Waals surface area contributed by atoms with Gasteiger partial charge in [-0.1, -0.05) is 6.07 Å². The largest absolute Gasteiger partial charge is 0.368 e. The van der Waals surface area contributed by atoms with Crippen molar-refractivity contribution in [3.8, 4) is 0 Å². The molecule has 5 rings (SSSR count). The van der Waals surface area contributed by atoms with Crippen molar-refractivity contribution < 1.29 is 9.18 Å². The lowest BCUT2D eigenvalue weighted by molar-refractivity contribution is 0.0746. The van der Waals surface area contributed by atoms with E-state index in [4.69, 9.17) is 0 Å². The van der Waals surface area contributed by atoms with Gasteiger partial charge < -0.3 is 14.4 Å². The molecule has 1 saturated heterocycles. The first-order valence-electron chi connectivity index (χ1n) is 10.2. The first-order valence-corrected chi connectivity index (χ1v) is 10.2. The fourth-order valence-corrected chi connectivity index (χ4v) is 3.87. The number of aromatic nitrogens is 4. The number of carbonyl (C=O) groups excluding carboxylic acids is 1. The summed E-state index contributed by atoms with van der Waals surface area (Å²) in [6.45, 7) is 3.23. The predicted molar refractivity (Wildman–Crippen MR) is 115 cm³/mol. The van der Waals surface area contributed by atoms with E-state index in [0.717, 1.165) is 16.9 Å². The number of carbonyl (C=O) groups is 1. The summed E-state index contributed by atoms with van der Waals surface area (Å²) in [6, 6.07) is 12.2. The summed E-state index contributed by atoms with van der Waals surface area (Å²) in [4.78, 5) is 30.1. The Hall–Kier alpha value is -3.81. The van der Waals surface area contributed by atoms with Crippen molar-refractivity contribution in [3.05, 3.63) is 84.3 Å². The van der Waals surface area contributed by atoms with Gasteiger partial charge in [-0.2, -0.15) is 0 Å². The molecule has 0 atom stereocenters. The number of amides is 1. The van der Waals surface area contributed by atoms with Crippen molar-refractivity contribution in [1.29, 1.82) is 0 Å². The number of anilines is 1. The summed E-state index contributed by atoms with van der Waals surface area (Å²) in [5, 5.41) is 0. The van der Waals surface area contributed by atoms with Crippen LogP contribution in [0.15, 0.2) is 67.4 Å². The lowest BCUT2D eigenvalue weighted by atomic mass is 10.2. The Morgan fingerprint density at radius 3 is 2.55 bits per heavy atom. The zero-order chi connectivity index (χ0) is 21.2. The molecule has 156 valence electrons. The van der Waals surface area contributed by atoms with E-state index in [9.17, 15) is 9.18 Å². The third-order valence-electron chi connectivity index (χ3n) is 5.54.